The number of carbonyl (C=O) groups excluding carboxylic acids is 1. The number of carbonyl (C=O) groups is 1. The van der Waals surface area contributed by atoms with Crippen LogP contribution in [-0.4, -0.2) is 5.91 Å². The first-order valence-corrected chi connectivity index (χ1v) is 11.7. The van der Waals surface area contributed by atoms with Crippen LogP contribution in [0.25, 0.3) is 6.08 Å². The Kier molecular flexibility index (Phi) is 8.53. The second kappa shape index (κ2) is 12.4. The molecule has 0 aliphatic heterocycles. The maximum atomic E-state index is 13.5. The van der Waals surface area contributed by atoms with E-state index in [0.29, 0.717) is 39.9 Å². The van der Waals surface area contributed by atoms with E-state index in [4.69, 9.17) is 21.1 Å². The van der Waals surface area contributed by atoms with Crippen molar-refractivity contribution in [3.05, 3.63) is 130 Å². The zero-order chi connectivity index (χ0) is 26.0. The fourth-order valence-corrected chi connectivity index (χ4v) is 3.61. The Hall–Kier alpha value is -4.60. The molecule has 4 aromatic carbocycles. The summed E-state index contributed by atoms with van der Waals surface area (Å²) in [5, 5.41) is 12.8. The Balaban J connectivity index is 1.43. The van der Waals surface area contributed by atoms with Crippen LogP contribution >= 0.6 is 11.6 Å². The second-order valence-corrected chi connectivity index (χ2v) is 8.46. The van der Waals surface area contributed by atoms with Gasteiger partial charge in [0.2, 0.25) is 0 Å². The number of nitrogens with one attached hydrogen (secondary N) is 1. The molecule has 0 fully saturated rings. The molecule has 1 amide bonds. The van der Waals surface area contributed by atoms with Crippen LogP contribution in [0.15, 0.2) is 103 Å². The molecule has 0 heterocycles. The molecule has 0 aromatic heterocycles. The van der Waals surface area contributed by atoms with Gasteiger partial charge in [-0.25, -0.2) is 4.39 Å². The van der Waals surface area contributed by atoms with Crippen molar-refractivity contribution >= 4 is 29.3 Å². The van der Waals surface area contributed by atoms with Gasteiger partial charge in [0.15, 0.2) is 0 Å². The number of halogens is 2. The molecular weight excluding hydrogens is 491 g/mol. The quantitative estimate of drug-likeness (QED) is 0.190. The van der Waals surface area contributed by atoms with E-state index in [1.165, 1.54) is 18.2 Å². The van der Waals surface area contributed by atoms with Gasteiger partial charge >= 0.3 is 0 Å². The SMILES string of the molecule is N#C/C(=C\c1cc(Cl)ccc1OCc1cccc(F)c1)C(=O)Nc1ccc(OCc2ccccc2)cc1. The van der Waals surface area contributed by atoms with E-state index in [1.54, 1.807) is 54.6 Å². The molecule has 0 spiro atoms. The maximum absolute atomic E-state index is 13.5. The van der Waals surface area contributed by atoms with Crippen molar-refractivity contribution in [3.8, 4) is 17.6 Å². The number of hydrogen-bond acceptors (Lipinski definition) is 4. The molecule has 0 saturated heterocycles. The Labute approximate surface area is 219 Å². The highest BCUT2D eigenvalue weighted by molar-refractivity contribution is 6.30. The molecule has 0 saturated carbocycles. The molecule has 0 aliphatic carbocycles. The highest BCUT2D eigenvalue weighted by Gasteiger charge is 2.13. The van der Waals surface area contributed by atoms with Crippen molar-refractivity contribution in [2.45, 2.75) is 13.2 Å². The third kappa shape index (κ3) is 7.44. The molecule has 4 aromatic rings. The Morgan fingerprint density at radius 2 is 1.62 bits per heavy atom. The maximum Gasteiger partial charge on any atom is 0.266 e. The summed E-state index contributed by atoms with van der Waals surface area (Å²) in [5.41, 5.74) is 2.50. The first-order valence-electron chi connectivity index (χ1n) is 11.4. The lowest BCUT2D eigenvalue weighted by Gasteiger charge is -2.11. The van der Waals surface area contributed by atoms with Gasteiger partial charge < -0.3 is 14.8 Å². The largest absolute Gasteiger partial charge is 0.489 e. The van der Waals surface area contributed by atoms with Crippen LogP contribution < -0.4 is 14.8 Å². The van der Waals surface area contributed by atoms with E-state index < -0.39 is 5.91 Å². The predicted octanol–water partition coefficient (Wildman–Crippen LogP) is 7.18. The zero-order valence-corrected chi connectivity index (χ0v) is 20.4. The van der Waals surface area contributed by atoms with Crippen LogP contribution in [0.2, 0.25) is 5.02 Å². The summed E-state index contributed by atoms with van der Waals surface area (Å²) in [6, 6.07) is 29.5. The summed E-state index contributed by atoms with van der Waals surface area (Å²) < 4.78 is 25.1. The molecule has 1 N–H and O–H groups in total. The average Bonchev–Trinajstić information content (AvgIpc) is 2.91. The highest BCUT2D eigenvalue weighted by atomic mass is 35.5. The number of rotatable bonds is 9. The van der Waals surface area contributed by atoms with Gasteiger partial charge in [-0.1, -0.05) is 54.1 Å². The van der Waals surface area contributed by atoms with Gasteiger partial charge in [0, 0.05) is 16.3 Å². The first-order chi connectivity index (χ1) is 18.0. The number of nitriles is 1. The summed E-state index contributed by atoms with van der Waals surface area (Å²) in [7, 11) is 0. The van der Waals surface area contributed by atoms with E-state index in [1.807, 2.05) is 36.4 Å². The van der Waals surface area contributed by atoms with E-state index in [-0.39, 0.29) is 18.0 Å². The van der Waals surface area contributed by atoms with E-state index in [9.17, 15) is 14.4 Å². The minimum atomic E-state index is -0.587. The summed E-state index contributed by atoms with van der Waals surface area (Å²) in [5.74, 6) is 0.0964. The fraction of sp³-hybridized carbons (Fsp3) is 0.0667. The summed E-state index contributed by atoms with van der Waals surface area (Å²) in [6.45, 7) is 0.532. The van der Waals surface area contributed by atoms with E-state index in [2.05, 4.69) is 5.32 Å². The topological polar surface area (TPSA) is 71.3 Å². The number of nitrogens with zero attached hydrogens (tertiary/aromatic N) is 1. The predicted molar refractivity (Wildman–Crippen MR) is 142 cm³/mol. The molecule has 184 valence electrons. The van der Waals surface area contributed by atoms with Crippen molar-refractivity contribution in [1.29, 1.82) is 5.26 Å². The Bertz CT molecular complexity index is 1450. The lowest BCUT2D eigenvalue weighted by Crippen LogP contribution is -2.13. The third-order valence-corrected chi connectivity index (χ3v) is 5.52. The first kappa shape index (κ1) is 25.5. The van der Waals surface area contributed by atoms with Gasteiger partial charge in [-0.3, -0.25) is 4.79 Å². The molecule has 4 rings (SSSR count). The molecule has 0 radical (unpaired) electrons. The number of ether oxygens (including phenoxy) is 2. The van der Waals surface area contributed by atoms with E-state index >= 15 is 0 Å². The lowest BCUT2D eigenvalue weighted by atomic mass is 10.1. The van der Waals surface area contributed by atoms with Crippen LogP contribution in [0.4, 0.5) is 10.1 Å². The number of anilines is 1. The number of amides is 1. The molecule has 0 bridgehead atoms. The summed E-state index contributed by atoms with van der Waals surface area (Å²) in [4.78, 5) is 12.8. The Morgan fingerprint density at radius 3 is 2.35 bits per heavy atom. The molecular formula is C30H22ClFN2O3. The summed E-state index contributed by atoms with van der Waals surface area (Å²) in [6.07, 6.45) is 1.40. The second-order valence-electron chi connectivity index (χ2n) is 8.02. The normalized spacial score (nSPS) is 10.9. The molecule has 0 unspecified atom stereocenters. The highest BCUT2D eigenvalue weighted by Crippen LogP contribution is 2.27. The Morgan fingerprint density at radius 1 is 0.892 bits per heavy atom. The number of hydrogen-bond donors (Lipinski definition) is 1. The van der Waals surface area contributed by atoms with Crippen molar-refractivity contribution in [3.63, 3.8) is 0 Å². The standard InChI is InChI=1S/C30H22ClFN2O3/c31-25-9-14-29(37-20-22-7-4-8-26(32)15-22)23(17-25)16-24(18-33)30(35)34-27-10-12-28(13-11-27)36-19-21-5-2-1-3-6-21/h1-17H,19-20H2,(H,34,35)/b24-16+. The van der Waals surface area contributed by atoms with Crippen LogP contribution in [-0.2, 0) is 18.0 Å². The van der Waals surface area contributed by atoms with Gasteiger partial charge in [-0.05, 0) is 71.8 Å². The van der Waals surface area contributed by atoms with E-state index in [0.717, 1.165) is 5.56 Å². The minimum Gasteiger partial charge on any atom is -0.489 e. The average molecular weight is 513 g/mol. The van der Waals surface area contributed by atoms with Gasteiger partial charge in [-0.2, -0.15) is 5.26 Å². The van der Waals surface area contributed by atoms with Gasteiger partial charge in [0.25, 0.3) is 5.91 Å². The number of benzene rings is 4. The van der Waals surface area contributed by atoms with Crippen LogP contribution in [0, 0.1) is 17.1 Å². The molecule has 0 aliphatic rings. The van der Waals surface area contributed by atoms with Crippen LogP contribution in [0.5, 0.6) is 11.5 Å². The molecule has 37 heavy (non-hydrogen) atoms. The van der Waals surface area contributed by atoms with Crippen molar-refractivity contribution in [2.75, 3.05) is 5.32 Å². The van der Waals surface area contributed by atoms with Gasteiger partial charge in [-0.15, -0.1) is 0 Å². The van der Waals surface area contributed by atoms with Crippen molar-refractivity contribution < 1.29 is 18.7 Å². The van der Waals surface area contributed by atoms with Gasteiger partial charge in [0.05, 0.1) is 0 Å². The minimum absolute atomic E-state index is 0.104. The fourth-order valence-electron chi connectivity index (χ4n) is 3.43. The van der Waals surface area contributed by atoms with Crippen LogP contribution in [0.1, 0.15) is 16.7 Å². The van der Waals surface area contributed by atoms with Gasteiger partial charge in [0.1, 0.15) is 42.2 Å². The lowest BCUT2D eigenvalue weighted by molar-refractivity contribution is -0.112. The molecule has 7 heteroatoms. The molecule has 0 atom stereocenters. The van der Waals surface area contributed by atoms with Crippen molar-refractivity contribution in [1.82, 2.24) is 0 Å². The van der Waals surface area contributed by atoms with Crippen LogP contribution in [0.3, 0.4) is 0 Å². The third-order valence-electron chi connectivity index (χ3n) is 5.28. The molecule has 5 nitrogen and oxygen atoms in total. The monoisotopic (exact) mass is 512 g/mol. The zero-order valence-electron chi connectivity index (χ0n) is 19.7. The summed E-state index contributed by atoms with van der Waals surface area (Å²) >= 11 is 6.14. The van der Waals surface area contributed by atoms with Crippen molar-refractivity contribution in [2.24, 2.45) is 0 Å². The smallest absolute Gasteiger partial charge is 0.266 e.